The van der Waals surface area contributed by atoms with Crippen LogP contribution in [0.1, 0.15) is 18.4 Å². The minimum atomic E-state index is -0.0503. The Bertz CT molecular complexity index is 746. The zero-order chi connectivity index (χ0) is 17.8. The SMILES string of the molecule is O=C(Nc1cc(Cl)cc(Cl)c1)C1CCCN(Cc2cccc(Cl)c2)C1. The second kappa shape index (κ2) is 8.41. The molecule has 2 aromatic rings. The van der Waals surface area contributed by atoms with Crippen molar-refractivity contribution >= 4 is 46.4 Å². The van der Waals surface area contributed by atoms with Crippen molar-refractivity contribution in [2.75, 3.05) is 18.4 Å². The third-order valence-corrected chi connectivity index (χ3v) is 4.97. The maximum atomic E-state index is 12.6. The van der Waals surface area contributed by atoms with Gasteiger partial charge in [-0.25, -0.2) is 0 Å². The van der Waals surface area contributed by atoms with Gasteiger partial charge in [-0.1, -0.05) is 46.9 Å². The summed E-state index contributed by atoms with van der Waals surface area (Å²) in [6.45, 7) is 2.51. The number of carbonyl (C=O) groups excluding carboxylic acids is 1. The Morgan fingerprint density at radius 1 is 1.08 bits per heavy atom. The number of piperidine rings is 1. The molecule has 0 radical (unpaired) electrons. The molecule has 6 heteroatoms. The largest absolute Gasteiger partial charge is 0.326 e. The molecule has 132 valence electrons. The molecule has 1 amide bonds. The van der Waals surface area contributed by atoms with E-state index in [1.54, 1.807) is 18.2 Å². The van der Waals surface area contributed by atoms with Crippen molar-refractivity contribution in [3.8, 4) is 0 Å². The Labute approximate surface area is 162 Å². The maximum Gasteiger partial charge on any atom is 0.228 e. The third-order valence-electron chi connectivity index (χ3n) is 4.30. The molecule has 1 unspecified atom stereocenters. The molecule has 1 saturated heterocycles. The number of amides is 1. The summed E-state index contributed by atoms with van der Waals surface area (Å²) in [5, 5.41) is 4.69. The molecular formula is C19H19Cl3N2O. The van der Waals surface area contributed by atoms with Gasteiger partial charge in [0, 0.05) is 33.8 Å². The van der Waals surface area contributed by atoms with Crippen LogP contribution in [-0.4, -0.2) is 23.9 Å². The maximum absolute atomic E-state index is 12.6. The lowest BCUT2D eigenvalue weighted by Gasteiger charge is -2.32. The molecule has 1 aliphatic heterocycles. The normalized spacial score (nSPS) is 18.1. The number of rotatable bonds is 4. The van der Waals surface area contributed by atoms with Crippen molar-refractivity contribution in [1.82, 2.24) is 4.90 Å². The molecule has 0 spiro atoms. The highest BCUT2D eigenvalue weighted by Gasteiger charge is 2.26. The van der Waals surface area contributed by atoms with E-state index in [2.05, 4.69) is 16.3 Å². The van der Waals surface area contributed by atoms with Crippen LogP contribution in [-0.2, 0) is 11.3 Å². The zero-order valence-electron chi connectivity index (χ0n) is 13.6. The van der Waals surface area contributed by atoms with E-state index in [9.17, 15) is 4.79 Å². The number of carbonyl (C=O) groups is 1. The molecule has 1 aliphatic rings. The van der Waals surface area contributed by atoms with Gasteiger partial charge in [0.2, 0.25) is 5.91 Å². The third kappa shape index (κ3) is 5.35. The first-order valence-electron chi connectivity index (χ1n) is 8.23. The van der Waals surface area contributed by atoms with Gasteiger partial charge in [0.25, 0.3) is 0 Å². The highest BCUT2D eigenvalue weighted by molar-refractivity contribution is 6.35. The molecule has 1 N–H and O–H groups in total. The van der Waals surface area contributed by atoms with E-state index in [0.717, 1.165) is 43.1 Å². The first-order valence-corrected chi connectivity index (χ1v) is 9.37. The zero-order valence-corrected chi connectivity index (χ0v) is 15.9. The summed E-state index contributed by atoms with van der Waals surface area (Å²) in [6, 6.07) is 12.9. The van der Waals surface area contributed by atoms with Gasteiger partial charge in [0.15, 0.2) is 0 Å². The van der Waals surface area contributed by atoms with Crippen LogP contribution in [0.5, 0.6) is 0 Å². The number of benzene rings is 2. The Hall–Kier alpha value is -1.26. The molecule has 1 heterocycles. The molecule has 2 aromatic carbocycles. The van der Waals surface area contributed by atoms with E-state index in [-0.39, 0.29) is 11.8 Å². The number of hydrogen-bond acceptors (Lipinski definition) is 2. The molecule has 0 aromatic heterocycles. The van der Waals surface area contributed by atoms with Crippen LogP contribution in [0.25, 0.3) is 0 Å². The molecule has 0 saturated carbocycles. The predicted molar refractivity (Wildman–Crippen MR) is 105 cm³/mol. The van der Waals surface area contributed by atoms with Gasteiger partial charge in [-0.15, -0.1) is 0 Å². The van der Waals surface area contributed by atoms with Gasteiger partial charge in [-0.2, -0.15) is 0 Å². The molecule has 3 nitrogen and oxygen atoms in total. The predicted octanol–water partition coefficient (Wildman–Crippen LogP) is 5.50. The lowest BCUT2D eigenvalue weighted by molar-refractivity contribution is -0.121. The van der Waals surface area contributed by atoms with Crippen LogP contribution in [0, 0.1) is 5.92 Å². The van der Waals surface area contributed by atoms with Gasteiger partial charge in [-0.3, -0.25) is 9.69 Å². The first-order chi connectivity index (χ1) is 12.0. The lowest BCUT2D eigenvalue weighted by atomic mass is 9.96. The monoisotopic (exact) mass is 396 g/mol. The van der Waals surface area contributed by atoms with Gasteiger partial charge in [0.1, 0.15) is 0 Å². The second-order valence-electron chi connectivity index (χ2n) is 6.35. The number of hydrogen-bond donors (Lipinski definition) is 1. The van der Waals surface area contributed by atoms with Crippen molar-refractivity contribution in [2.24, 2.45) is 5.92 Å². The highest BCUT2D eigenvalue weighted by Crippen LogP contribution is 2.25. The number of anilines is 1. The summed E-state index contributed by atoms with van der Waals surface area (Å²) in [7, 11) is 0. The van der Waals surface area contributed by atoms with E-state index in [0.29, 0.717) is 15.7 Å². The summed E-state index contributed by atoms with van der Waals surface area (Å²) in [6.07, 6.45) is 1.88. The van der Waals surface area contributed by atoms with Gasteiger partial charge < -0.3 is 5.32 Å². The molecule has 25 heavy (non-hydrogen) atoms. The van der Waals surface area contributed by atoms with E-state index in [1.807, 2.05) is 18.2 Å². The minimum Gasteiger partial charge on any atom is -0.326 e. The second-order valence-corrected chi connectivity index (χ2v) is 7.66. The number of nitrogens with one attached hydrogen (secondary N) is 1. The smallest absolute Gasteiger partial charge is 0.228 e. The van der Waals surface area contributed by atoms with Crippen molar-refractivity contribution in [3.63, 3.8) is 0 Å². The standard InChI is InChI=1S/C19H19Cl3N2O/c20-15-5-1-3-13(7-15)11-24-6-2-4-14(12-24)19(25)23-18-9-16(21)8-17(22)10-18/h1,3,5,7-10,14H,2,4,6,11-12H2,(H,23,25). The summed E-state index contributed by atoms with van der Waals surface area (Å²) < 4.78 is 0. The molecule has 0 bridgehead atoms. The van der Waals surface area contributed by atoms with Gasteiger partial charge >= 0.3 is 0 Å². The lowest BCUT2D eigenvalue weighted by Crippen LogP contribution is -2.40. The Morgan fingerprint density at radius 3 is 2.56 bits per heavy atom. The molecular weight excluding hydrogens is 379 g/mol. The van der Waals surface area contributed by atoms with Crippen LogP contribution in [0.4, 0.5) is 5.69 Å². The summed E-state index contributed by atoms with van der Waals surface area (Å²) in [5.41, 5.74) is 1.80. The first kappa shape index (κ1) is 18.5. The Morgan fingerprint density at radius 2 is 1.84 bits per heavy atom. The Kier molecular flexibility index (Phi) is 6.24. The number of likely N-dealkylation sites (tertiary alicyclic amines) is 1. The van der Waals surface area contributed by atoms with Crippen molar-refractivity contribution in [1.29, 1.82) is 0 Å². The molecule has 0 aliphatic carbocycles. The van der Waals surface area contributed by atoms with Crippen LogP contribution < -0.4 is 5.32 Å². The van der Waals surface area contributed by atoms with E-state index >= 15 is 0 Å². The molecule has 1 atom stereocenters. The Balaban J connectivity index is 1.61. The molecule has 1 fully saturated rings. The summed E-state index contributed by atoms with van der Waals surface area (Å²) in [4.78, 5) is 14.9. The minimum absolute atomic E-state index is 0.00845. The van der Waals surface area contributed by atoms with Crippen molar-refractivity contribution < 1.29 is 4.79 Å². The fourth-order valence-electron chi connectivity index (χ4n) is 3.18. The van der Waals surface area contributed by atoms with Gasteiger partial charge in [-0.05, 0) is 55.3 Å². The van der Waals surface area contributed by atoms with Crippen molar-refractivity contribution in [3.05, 3.63) is 63.1 Å². The summed E-state index contributed by atoms with van der Waals surface area (Å²) >= 11 is 18.0. The number of nitrogens with zero attached hydrogens (tertiary/aromatic N) is 1. The van der Waals surface area contributed by atoms with Crippen LogP contribution in [0.2, 0.25) is 15.1 Å². The topological polar surface area (TPSA) is 32.3 Å². The van der Waals surface area contributed by atoms with E-state index < -0.39 is 0 Å². The van der Waals surface area contributed by atoms with E-state index in [4.69, 9.17) is 34.8 Å². The average molecular weight is 398 g/mol. The highest BCUT2D eigenvalue weighted by atomic mass is 35.5. The van der Waals surface area contributed by atoms with Crippen LogP contribution in [0.15, 0.2) is 42.5 Å². The quantitative estimate of drug-likeness (QED) is 0.739. The van der Waals surface area contributed by atoms with Crippen molar-refractivity contribution in [2.45, 2.75) is 19.4 Å². The fourth-order valence-corrected chi connectivity index (χ4v) is 3.92. The van der Waals surface area contributed by atoms with Crippen LogP contribution in [0.3, 0.4) is 0 Å². The summed E-state index contributed by atoms with van der Waals surface area (Å²) in [5.74, 6) is -0.0418. The average Bonchev–Trinajstić information content (AvgIpc) is 2.54. The number of halogens is 3. The van der Waals surface area contributed by atoms with E-state index in [1.165, 1.54) is 0 Å². The van der Waals surface area contributed by atoms with Gasteiger partial charge in [0.05, 0.1) is 5.92 Å². The fraction of sp³-hybridized carbons (Fsp3) is 0.316. The van der Waals surface area contributed by atoms with Crippen LogP contribution >= 0.6 is 34.8 Å². The molecule has 3 rings (SSSR count).